The standard InChI is InChI=1S/C29H24ClN3O6/c1-37-27-15-22(25(33(35)36)16-28(27)38-18-20-9-3-2-4-10-20)17-31-32-29(34)23-12-6-8-14-26(23)39-19-21-11-5-7-13-24(21)30/h2-17H,18-19H2,1H3,(H,32,34)/b31-17+. The van der Waals surface area contributed by atoms with Crippen LogP contribution in [-0.4, -0.2) is 24.2 Å². The van der Waals surface area contributed by atoms with Gasteiger partial charge in [-0.15, -0.1) is 0 Å². The lowest BCUT2D eigenvalue weighted by Crippen LogP contribution is -2.19. The Morgan fingerprint density at radius 3 is 2.36 bits per heavy atom. The molecule has 0 fully saturated rings. The molecule has 4 aromatic rings. The highest BCUT2D eigenvalue weighted by molar-refractivity contribution is 6.31. The normalized spacial score (nSPS) is 10.7. The number of hydrogen-bond donors (Lipinski definition) is 1. The first kappa shape index (κ1) is 27.2. The van der Waals surface area contributed by atoms with Crippen LogP contribution in [-0.2, 0) is 13.2 Å². The largest absolute Gasteiger partial charge is 0.493 e. The van der Waals surface area contributed by atoms with Gasteiger partial charge >= 0.3 is 0 Å². The second-order valence-electron chi connectivity index (χ2n) is 8.17. The van der Waals surface area contributed by atoms with Gasteiger partial charge in [0.1, 0.15) is 19.0 Å². The van der Waals surface area contributed by atoms with E-state index < -0.39 is 10.8 Å². The number of hydrazone groups is 1. The second-order valence-corrected chi connectivity index (χ2v) is 8.58. The maximum absolute atomic E-state index is 12.8. The molecule has 0 aliphatic rings. The highest BCUT2D eigenvalue weighted by atomic mass is 35.5. The van der Waals surface area contributed by atoms with E-state index in [9.17, 15) is 14.9 Å². The fourth-order valence-corrected chi connectivity index (χ4v) is 3.80. The van der Waals surface area contributed by atoms with Gasteiger partial charge in [-0.25, -0.2) is 5.43 Å². The molecule has 4 rings (SSSR count). The molecule has 0 unspecified atom stereocenters. The van der Waals surface area contributed by atoms with Crippen LogP contribution >= 0.6 is 11.6 Å². The molecular weight excluding hydrogens is 522 g/mol. The third kappa shape index (κ3) is 7.12. The molecule has 0 radical (unpaired) electrons. The monoisotopic (exact) mass is 545 g/mol. The van der Waals surface area contributed by atoms with Crippen molar-refractivity contribution in [2.75, 3.05) is 7.11 Å². The molecule has 9 nitrogen and oxygen atoms in total. The summed E-state index contributed by atoms with van der Waals surface area (Å²) in [5.74, 6) is 0.262. The summed E-state index contributed by atoms with van der Waals surface area (Å²) in [5, 5.41) is 16.2. The second kappa shape index (κ2) is 13.1. The molecular formula is C29H24ClN3O6. The number of nitro benzene ring substituents is 1. The number of rotatable bonds is 11. The summed E-state index contributed by atoms with van der Waals surface area (Å²) < 4.78 is 17.0. The van der Waals surface area contributed by atoms with Crippen LogP contribution < -0.4 is 19.6 Å². The van der Waals surface area contributed by atoms with Gasteiger partial charge in [0.05, 0.1) is 35.4 Å². The summed E-state index contributed by atoms with van der Waals surface area (Å²) in [6.07, 6.45) is 1.17. The number of halogens is 1. The Morgan fingerprint density at radius 2 is 1.62 bits per heavy atom. The molecule has 198 valence electrons. The van der Waals surface area contributed by atoms with E-state index in [1.54, 1.807) is 30.3 Å². The maximum Gasteiger partial charge on any atom is 0.282 e. The molecule has 10 heteroatoms. The summed E-state index contributed by atoms with van der Waals surface area (Å²) in [6.45, 7) is 0.369. The number of nitrogens with one attached hydrogen (secondary N) is 1. The SMILES string of the molecule is COc1cc(/C=N/NC(=O)c2ccccc2OCc2ccccc2Cl)c([N+](=O)[O-])cc1OCc1ccccc1. The van der Waals surface area contributed by atoms with Crippen LogP contribution in [0.15, 0.2) is 96.1 Å². The van der Waals surface area contributed by atoms with E-state index in [0.29, 0.717) is 10.8 Å². The molecule has 1 amide bonds. The highest BCUT2D eigenvalue weighted by Gasteiger charge is 2.19. The number of amides is 1. The van der Waals surface area contributed by atoms with Gasteiger partial charge in [-0.1, -0.05) is 72.3 Å². The average molecular weight is 546 g/mol. The van der Waals surface area contributed by atoms with Crippen LogP contribution in [0.4, 0.5) is 5.69 Å². The van der Waals surface area contributed by atoms with Crippen molar-refractivity contribution in [1.82, 2.24) is 5.43 Å². The van der Waals surface area contributed by atoms with Crippen molar-refractivity contribution in [3.05, 3.63) is 128 Å². The molecule has 1 N–H and O–H groups in total. The minimum atomic E-state index is -0.560. The van der Waals surface area contributed by atoms with E-state index in [0.717, 1.165) is 11.1 Å². The summed E-state index contributed by atoms with van der Waals surface area (Å²) in [7, 11) is 1.43. The van der Waals surface area contributed by atoms with Crippen LogP contribution in [0.25, 0.3) is 0 Å². The first-order valence-corrected chi connectivity index (χ1v) is 12.2. The van der Waals surface area contributed by atoms with Gasteiger partial charge in [-0.3, -0.25) is 14.9 Å². The number of benzene rings is 4. The zero-order valence-electron chi connectivity index (χ0n) is 20.9. The van der Waals surface area contributed by atoms with Gasteiger partial charge in [0.25, 0.3) is 11.6 Å². The molecule has 0 aliphatic heterocycles. The number of methoxy groups -OCH3 is 1. The molecule has 0 saturated heterocycles. The van der Waals surface area contributed by atoms with E-state index in [1.807, 2.05) is 48.5 Å². The van der Waals surface area contributed by atoms with Crippen LogP contribution in [0.5, 0.6) is 17.2 Å². The van der Waals surface area contributed by atoms with Crippen LogP contribution in [0.3, 0.4) is 0 Å². The van der Waals surface area contributed by atoms with Crippen LogP contribution in [0, 0.1) is 10.1 Å². The maximum atomic E-state index is 12.8. The van der Waals surface area contributed by atoms with Crippen molar-refractivity contribution in [2.45, 2.75) is 13.2 Å². The molecule has 4 aromatic carbocycles. The lowest BCUT2D eigenvalue weighted by atomic mass is 10.1. The summed E-state index contributed by atoms with van der Waals surface area (Å²) >= 11 is 6.19. The number of carbonyl (C=O) groups is 1. The Bertz CT molecular complexity index is 1490. The Hall–Kier alpha value is -4.89. The first-order valence-electron chi connectivity index (χ1n) is 11.8. The Labute approximate surface area is 229 Å². The zero-order valence-corrected chi connectivity index (χ0v) is 21.6. The number of carbonyl (C=O) groups excluding carboxylic acids is 1. The molecule has 0 spiro atoms. The number of nitro groups is 1. The van der Waals surface area contributed by atoms with Crippen LogP contribution in [0.1, 0.15) is 27.0 Å². The fourth-order valence-electron chi connectivity index (χ4n) is 3.61. The number of para-hydroxylation sites is 1. The smallest absolute Gasteiger partial charge is 0.282 e. The Kier molecular flexibility index (Phi) is 9.10. The third-order valence-corrected chi connectivity index (χ3v) is 5.96. The molecule has 39 heavy (non-hydrogen) atoms. The Balaban J connectivity index is 1.48. The highest BCUT2D eigenvalue weighted by Crippen LogP contribution is 2.34. The van der Waals surface area contributed by atoms with Crippen molar-refractivity contribution < 1.29 is 23.9 Å². The molecule has 0 saturated carbocycles. The molecule has 0 aliphatic carbocycles. The number of ether oxygens (including phenoxy) is 3. The third-order valence-electron chi connectivity index (χ3n) is 5.59. The van der Waals surface area contributed by atoms with E-state index >= 15 is 0 Å². The van der Waals surface area contributed by atoms with Gasteiger partial charge < -0.3 is 14.2 Å². The van der Waals surface area contributed by atoms with Gasteiger partial charge in [-0.05, 0) is 29.8 Å². The van der Waals surface area contributed by atoms with Gasteiger partial charge in [0.2, 0.25) is 0 Å². The average Bonchev–Trinajstić information content (AvgIpc) is 2.96. The fraction of sp³-hybridized carbons (Fsp3) is 0.103. The van der Waals surface area contributed by atoms with Crippen molar-refractivity contribution in [3.63, 3.8) is 0 Å². The number of nitrogens with zero attached hydrogens (tertiary/aromatic N) is 2. The van der Waals surface area contributed by atoms with Gasteiger partial charge in [-0.2, -0.15) is 5.10 Å². The number of hydrogen-bond acceptors (Lipinski definition) is 7. The van der Waals surface area contributed by atoms with Crippen LogP contribution in [0.2, 0.25) is 5.02 Å². The molecule has 0 heterocycles. The van der Waals surface area contributed by atoms with Gasteiger partial charge in [0.15, 0.2) is 11.5 Å². The van der Waals surface area contributed by atoms with E-state index in [-0.39, 0.29) is 41.5 Å². The van der Waals surface area contributed by atoms with Crippen molar-refractivity contribution >= 4 is 29.4 Å². The summed E-state index contributed by atoms with van der Waals surface area (Å²) in [4.78, 5) is 24.0. The minimum absolute atomic E-state index is 0.118. The first-order chi connectivity index (χ1) is 19.0. The lowest BCUT2D eigenvalue weighted by molar-refractivity contribution is -0.385. The van der Waals surface area contributed by atoms with Crippen molar-refractivity contribution in [3.8, 4) is 17.2 Å². The zero-order chi connectivity index (χ0) is 27.6. The minimum Gasteiger partial charge on any atom is -0.493 e. The topological polar surface area (TPSA) is 112 Å². The lowest BCUT2D eigenvalue weighted by Gasteiger charge is -2.12. The Morgan fingerprint density at radius 1 is 0.923 bits per heavy atom. The molecule has 0 aromatic heterocycles. The van der Waals surface area contributed by atoms with E-state index in [2.05, 4.69) is 10.5 Å². The molecule has 0 bridgehead atoms. The summed E-state index contributed by atoms with van der Waals surface area (Å²) in [5.41, 5.74) is 4.14. The predicted octanol–water partition coefficient (Wildman–Crippen LogP) is 6.18. The summed E-state index contributed by atoms with van der Waals surface area (Å²) in [6, 6.07) is 26.0. The van der Waals surface area contributed by atoms with Gasteiger partial charge in [0, 0.05) is 10.6 Å². The van der Waals surface area contributed by atoms with E-state index in [4.69, 9.17) is 25.8 Å². The quantitative estimate of drug-likeness (QED) is 0.137. The molecule has 0 atom stereocenters. The van der Waals surface area contributed by atoms with Crippen molar-refractivity contribution in [2.24, 2.45) is 5.10 Å². The predicted molar refractivity (Wildman–Crippen MR) is 148 cm³/mol. The van der Waals surface area contributed by atoms with E-state index in [1.165, 1.54) is 25.5 Å². The van der Waals surface area contributed by atoms with Crippen molar-refractivity contribution in [1.29, 1.82) is 0 Å².